The number of benzene rings is 1. The zero-order chi connectivity index (χ0) is 29.1. The van der Waals surface area contributed by atoms with E-state index in [0.29, 0.717) is 39.0 Å². The van der Waals surface area contributed by atoms with Gasteiger partial charge in [-0.15, -0.1) is 24.9 Å². The minimum absolute atomic E-state index is 0.0217. The van der Waals surface area contributed by atoms with E-state index in [1.807, 2.05) is 38.1 Å². The molecule has 0 saturated carbocycles. The molecule has 5 atom stereocenters. The van der Waals surface area contributed by atoms with Gasteiger partial charge in [-0.05, 0) is 76.8 Å². The molecule has 3 saturated heterocycles. The number of hydrogen-bond acceptors (Lipinski definition) is 6. The second kappa shape index (κ2) is 12.5. The first kappa shape index (κ1) is 30.4. The Bertz CT molecular complexity index is 1130. The summed E-state index contributed by atoms with van der Waals surface area (Å²) in [7, 11) is 0. The van der Waals surface area contributed by atoms with E-state index >= 15 is 0 Å². The summed E-state index contributed by atoms with van der Waals surface area (Å²) in [5, 5.41) is 9.44. The molecule has 1 aromatic rings. The molecule has 2 unspecified atom stereocenters. The highest BCUT2D eigenvalue weighted by Crippen LogP contribution is 2.71. The normalized spacial score (nSPS) is 28.4. The molecule has 1 aromatic carbocycles. The minimum Gasteiger partial charge on any atom is -0.465 e. The average Bonchev–Trinajstić information content (AvgIpc) is 3.48. The van der Waals surface area contributed by atoms with Crippen LogP contribution in [-0.2, 0) is 19.1 Å². The first-order valence-electron chi connectivity index (χ1n) is 14.5. The molecule has 40 heavy (non-hydrogen) atoms. The Morgan fingerprint density at radius 1 is 1.15 bits per heavy atom. The SMILES string of the molecule is C=CCCCCOC(=O)[C@@H]1[C@H]2C(=O)N(CCCCO)C(C(=O)N(CC=C)c3c(C)cccc3C)C23CC[C@@]1(C)S3. The standard InChI is InChI=1S/C32H44N2O5S/c1-6-8-9-12-21-39-30(38)25-24-28(36)34(19-10-11-20-35)27(32(24)17-16-31(25,5)40-32)29(37)33(18-7-2)26-22(3)14-13-15-23(26)4/h6-7,13-15,24-25,27,35H,1-2,8-12,16-21H2,3-5H3/t24-,25-,27?,31+,32?/m0/s1. The number of anilines is 1. The number of aliphatic hydroxyl groups excluding tert-OH is 1. The molecule has 0 aromatic heterocycles. The van der Waals surface area contributed by atoms with Gasteiger partial charge in [-0.25, -0.2) is 0 Å². The number of rotatable bonds is 14. The van der Waals surface area contributed by atoms with Crippen LogP contribution < -0.4 is 4.90 Å². The summed E-state index contributed by atoms with van der Waals surface area (Å²) in [6, 6.07) is 5.25. The maximum Gasteiger partial charge on any atom is 0.311 e. The number of amides is 2. The lowest BCUT2D eigenvalue weighted by Crippen LogP contribution is -2.55. The summed E-state index contributed by atoms with van der Waals surface area (Å²) in [4.78, 5) is 46.0. The van der Waals surface area contributed by atoms with Gasteiger partial charge in [0.05, 0.1) is 23.2 Å². The molecule has 3 aliphatic heterocycles. The third kappa shape index (κ3) is 5.25. The summed E-state index contributed by atoms with van der Waals surface area (Å²) in [6.45, 7) is 14.7. The van der Waals surface area contributed by atoms with Crippen LogP contribution in [0.1, 0.15) is 63.0 Å². The van der Waals surface area contributed by atoms with Crippen molar-refractivity contribution in [3.8, 4) is 0 Å². The van der Waals surface area contributed by atoms with Crippen LogP contribution in [0.2, 0.25) is 0 Å². The van der Waals surface area contributed by atoms with Crippen molar-refractivity contribution in [2.24, 2.45) is 11.8 Å². The van der Waals surface area contributed by atoms with Crippen molar-refractivity contribution in [2.45, 2.75) is 81.3 Å². The largest absolute Gasteiger partial charge is 0.465 e. The van der Waals surface area contributed by atoms with Gasteiger partial charge >= 0.3 is 5.97 Å². The molecule has 2 bridgehead atoms. The van der Waals surface area contributed by atoms with Crippen LogP contribution in [0.15, 0.2) is 43.5 Å². The summed E-state index contributed by atoms with van der Waals surface area (Å²) in [5.74, 6) is -1.80. The van der Waals surface area contributed by atoms with Crippen molar-refractivity contribution in [1.29, 1.82) is 0 Å². The fourth-order valence-electron chi connectivity index (χ4n) is 7.15. The minimum atomic E-state index is -0.708. The van der Waals surface area contributed by atoms with E-state index in [9.17, 15) is 19.5 Å². The van der Waals surface area contributed by atoms with Crippen LogP contribution >= 0.6 is 11.8 Å². The molecule has 3 heterocycles. The third-order valence-corrected chi connectivity index (χ3v) is 10.9. The maximum absolute atomic E-state index is 14.7. The number of carbonyl (C=O) groups is 3. The molecule has 3 aliphatic rings. The number of aryl methyl sites for hydroxylation is 2. The Hall–Kier alpha value is -2.58. The number of esters is 1. The number of hydrogen-bond donors (Lipinski definition) is 1. The molecule has 2 amide bonds. The zero-order valence-corrected chi connectivity index (χ0v) is 25.0. The van der Waals surface area contributed by atoms with E-state index < -0.39 is 27.4 Å². The van der Waals surface area contributed by atoms with Gasteiger partial charge in [0.25, 0.3) is 5.91 Å². The molecule has 7 nitrogen and oxygen atoms in total. The van der Waals surface area contributed by atoms with Gasteiger partial charge < -0.3 is 19.6 Å². The lowest BCUT2D eigenvalue weighted by molar-refractivity contribution is -0.155. The van der Waals surface area contributed by atoms with E-state index in [1.54, 1.807) is 27.6 Å². The Kier molecular flexibility index (Phi) is 9.51. The van der Waals surface area contributed by atoms with Gasteiger partial charge in [0, 0.05) is 30.1 Å². The van der Waals surface area contributed by atoms with Gasteiger partial charge in [0.1, 0.15) is 6.04 Å². The molecule has 218 valence electrons. The maximum atomic E-state index is 14.7. The highest BCUT2D eigenvalue weighted by molar-refractivity contribution is 8.02. The van der Waals surface area contributed by atoms with Crippen molar-refractivity contribution >= 4 is 35.2 Å². The predicted molar refractivity (Wildman–Crippen MR) is 160 cm³/mol. The Labute approximate surface area is 243 Å². The first-order valence-corrected chi connectivity index (χ1v) is 15.4. The van der Waals surface area contributed by atoms with Crippen LogP contribution in [0.25, 0.3) is 0 Å². The fourth-order valence-corrected chi connectivity index (χ4v) is 9.49. The Morgan fingerprint density at radius 2 is 1.88 bits per heavy atom. The molecule has 1 N–H and O–H groups in total. The van der Waals surface area contributed by atoms with E-state index in [0.717, 1.165) is 42.5 Å². The number of allylic oxidation sites excluding steroid dienone is 1. The Balaban J connectivity index is 1.72. The topological polar surface area (TPSA) is 87.1 Å². The van der Waals surface area contributed by atoms with E-state index in [4.69, 9.17) is 4.74 Å². The first-order chi connectivity index (χ1) is 19.2. The van der Waals surface area contributed by atoms with Crippen molar-refractivity contribution in [2.75, 3.05) is 31.2 Å². The van der Waals surface area contributed by atoms with Crippen LogP contribution in [0.4, 0.5) is 5.69 Å². The zero-order valence-electron chi connectivity index (χ0n) is 24.2. The Morgan fingerprint density at radius 3 is 2.52 bits per heavy atom. The van der Waals surface area contributed by atoms with Gasteiger partial charge in [-0.1, -0.05) is 30.4 Å². The number of ether oxygens (including phenoxy) is 1. The van der Waals surface area contributed by atoms with Crippen molar-refractivity contribution in [3.63, 3.8) is 0 Å². The lowest BCUT2D eigenvalue weighted by Gasteiger charge is -2.38. The highest BCUT2D eigenvalue weighted by Gasteiger charge is 2.77. The number of para-hydroxylation sites is 1. The average molecular weight is 569 g/mol. The third-order valence-electron chi connectivity index (χ3n) is 8.91. The fraction of sp³-hybridized carbons (Fsp3) is 0.594. The van der Waals surface area contributed by atoms with Gasteiger partial charge in [0.2, 0.25) is 5.91 Å². The van der Waals surface area contributed by atoms with Crippen LogP contribution in [0.3, 0.4) is 0 Å². The summed E-state index contributed by atoms with van der Waals surface area (Å²) in [5.41, 5.74) is 2.80. The van der Waals surface area contributed by atoms with Gasteiger partial charge in [-0.2, -0.15) is 0 Å². The van der Waals surface area contributed by atoms with Crippen LogP contribution in [-0.4, -0.2) is 69.6 Å². The predicted octanol–water partition coefficient (Wildman–Crippen LogP) is 4.98. The molecule has 8 heteroatoms. The van der Waals surface area contributed by atoms with Gasteiger partial charge in [-0.3, -0.25) is 14.4 Å². The van der Waals surface area contributed by atoms with Crippen molar-refractivity contribution in [3.05, 3.63) is 54.6 Å². The second-order valence-electron chi connectivity index (χ2n) is 11.6. The van der Waals surface area contributed by atoms with Crippen molar-refractivity contribution < 1.29 is 24.2 Å². The number of carbonyl (C=O) groups excluding carboxylic acids is 3. The smallest absolute Gasteiger partial charge is 0.311 e. The number of nitrogens with zero attached hydrogens (tertiary/aromatic N) is 2. The number of fused-ring (bicyclic) bond motifs is 1. The molecular formula is C32H44N2O5S. The highest BCUT2D eigenvalue weighted by atomic mass is 32.2. The summed E-state index contributed by atoms with van der Waals surface area (Å²) < 4.78 is 4.59. The lowest BCUT2D eigenvalue weighted by atomic mass is 9.66. The molecular weight excluding hydrogens is 524 g/mol. The van der Waals surface area contributed by atoms with Crippen LogP contribution in [0.5, 0.6) is 0 Å². The van der Waals surface area contributed by atoms with E-state index in [2.05, 4.69) is 20.1 Å². The van der Waals surface area contributed by atoms with Crippen molar-refractivity contribution in [1.82, 2.24) is 4.90 Å². The number of aliphatic hydroxyl groups is 1. The molecule has 3 fully saturated rings. The molecule has 0 radical (unpaired) electrons. The monoisotopic (exact) mass is 568 g/mol. The second-order valence-corrected chi connectivity index (χ2v) is 13.5. The number of thioether (sulfide) groups is 1. The van der Waals surface area contributed by atoms with E-state index in [1.165, 1.54) is 0 Å². The van der Waals surface area contributed by atoms with E-state index in [-0.39, 0.29) is 24.4 Å². The number of unbranched alkanes of at least 4 members (excludes halogenated alkanes) is 3. The summed E-state index contributed by atoms with van der Waals surface area (Å²) in [6.07, 6.45) is 8.65. The molecule has 4 rings (SSSR count). The quantitative estimate of drug-likeness (QED) is 0.194. The summed E-state index contributed by atoms with van der Waals surface area (Å²) >= 11 is 1.66. The molecule has 0 aliphatic carbocycles. The number of likely N-dealkylation sites (tertiary alicyclic amines) is 1. The van der Waals surface area contributed by atoms with Gasteiger partial charge in [0.15, 0.2) is 0 Å². The van der Waals surface area contributed by atoms with Crippen LogP contribution in [0, 0.1) is 25.7 Å². The molecule has 1 spiro atoms.